The van der Waals surface area contributed by atoms with E-state index in [0.717, 1.165) is 7.11 Å². The third-order valence-electron chi connectivity index (χ3n) is 4.82. The van der Waals surface area contributed by atoms with E-state index in [4.69, 9.17) is 9.47 Å². The summed E-state index contributed by atoms with van der Waals surface area (Å²) in [5, 5.41) is 21.1. The summed E-state index contributed by atoms with van der Waals surface area (Å²) in [6.45, 7) is 5.61. The Balaban J connectivity index is 3.81. The Labute approximate surface area is 182 Å². The van der Waals surface area contributed by atoms with Crippen LogP contribution in [0.25, 0.3) is 0 Å². The number of esters is 2. The van der Waals surface area contributed by atoms with Gasteiger partial charge in [0, 0.05) is 19.3 Å². The number of methoxy groups -OCH3 is 1. The summed E-state index contributed by atoms with van der Waals surface area (Å²) in [7, 11) is 1.07. The molecule has 0 aromatic heterocycles. The van der Waals surface area contributed by atoms with E-state index in [0.29, 0.717) is 38.5 Å². The average Bonchev–Trinajstić information content (AvgIpc) is 2.76. The fraction of sp³-hybridized carbons (Fsp3) is 0.565. The predicted octanol–water partition coefficient (Wildman–Crippen LogP) is 4.73. The van der Waals surface area contributed by atoms with Crippen LogP contribution in [0, 0.1) is 0 Å². The van der Waals surface area contributed by atoms with Crippen LogP contribution in [0.3, 0.4) is 0 Å². The van der Waals surface area contributed by atoms with Gasteiger partial charge in [-0.25, -0.2) is 4.79 Å². The minimum atomic E-state index is -1.04. The fourth-order valence-corrected chi connectivity index (χ4v) is 3.06. The van der Waals surface area contributed by atoms with Crippen LogP contribution in [0.2, 0.25) is 0 Å². The number of carbonyl (C=O) groups is 4. The minimum Gasteiger partial charge on any atom is -0.504 e. The van der Waals surface area contributed by atoms with Crippen LogP contribution < -0.4 is 4.74 Å². The second-order valence-corrected chi connectivity index (χ2v) is 7.27. The number of ether oxygens (including phenoxy) is 2. The highest BCUT2D eigenvalue weighted by Crippen LogP contribution is 2.46. The molecule has 1 aromatic rings. The number of hydrogen-bond donors (Lipinski definition) is 2. The Hall–Kier alpha value is -2.90. The van der Waals surface area contributed by atoms with Crippen molar-refractivity contribution in [3.05, 3.63) is 16.7 Å². The number of hydrogen-bond acceptors (Lipinski definition) is 8. The number of phenols is 2. The topological polar surface area (TPSA) is 127 Å². The molecular formula is C23H32O8. The summed E-state index contributed by atoms with van der Waals surface area (Å²) in [5.74, 6) is -5.44. The molecule has 2 N–H and O–H groups in total. The molecule has 0 heterocycles. The molecule has 0 atom stereocenters. The summed E-state index contributed by atoms with van der Waals surface area (Å²) in [6, 6.07) is 0. The largest absolute Gasteiger partial charge is 0.504 e. The number of carbonyl (C=O) groups excluding carboxylic acids is 4. The predicted molar refractivity (Wildman–Crippen MR) is 114 cm³/mol. The van der Waals surface area contributed by atoms with Gasteiger partial charge < -0.3 is 19.7 Å². The Bertz CT molecular complexity index is 826. The van der Waals surface area contributed by atoms with Crippen molar-refractivity contribution in [3.63, 3.8) is 0 Å². The molecule has 0 unspecified atom stereocenters. The molecule has 0 saturated heterocycles. The van der Waals surface area contributed by atoms with Crippen molar-refractivity contribution >= 4 is 23.5 Å². The zero-order valence-corrected chi connectivity index (χ0v) is 18.7. The second-order valence-electron chi connectivity index (χ2n) is 7.27. The second kappa shape index (κ2) is 12.7. The molecular weight excluding hydrogens is 404 g/mol. The van der Waals surface area contributed by atoms with E-state index < -0.39 is 57.4 Å². The highest BCUT2D eigenvalue weighted by Gasteiger charge is 2.35. The van der Waals surface area contributed by atoms with Crippen LogP contribution in [-0.2, 0) is 9.53 Å². The molecule has 0 aliphatic carbocycles. The summed E-state index contributed by atoms with van der Waals surface area (Å²) in [4.78, 5) is 50.6. The number of Topliss-reactive ketones (excluding diaryl/α,β-unsaturated/α-hetero) is 2. The zero-order valence-electron chi connectivity index (χ0n) is 18.7. The van der Waals surface area contributed by atoms with Crippen LogP contribution in [-0.4, -0.2) is 40.8 Å². The van der Waals surface area contributed by atoms with Crippen molar-refractivity contribution in [2.75, 3.05) is 7.11 Å². The minimum absolute atomic E-state index is 0.00713. The summed E-state index contributed by atoms with van der Waals surface area (Å²) in [6.07, 6.45) is 3.55. The van der Waals surface area contributed by atoms with E-state index >= 15 is 0 Å². The number of phenolic OH excluding ortho intramolecular Hbond substituents is 2. The van der Waals surface area contributed by atoms with Gasteiger partial charge in [0.05, 0.1) is 23.8 Å². The van der Waals surface area contributed by atoms with E-state index in [1.165, 1.54) is 0 Å². The number of ketones is 2. The Morgan fingerprint density at radius 2 is 1.19 bits per heavy atom. The molecule has 0 aliphatic rings. The summed E-state index contributed by atoms with van der Waals surface area (Å²) in [5.41, 5.74) is -1.40. The van der Waals surface area contributed by atoms with E-state index in [1.807, 2.05) is 20.8 Å². The molecule has 8 nitrogen and oxygen atoms in total. The molecule has 0 spiro atoms. The van der Waals surface area contributed by atoms with Crippen molar-refractivity contribution in [1.82, 2.24) is 0 Å². The van der Waals surface area contributed by atoms with E-state index in [9.17, 15) is 29.4 Å². The average molecular weight is 437 g/mol. The van der Waals surface area contributed by atoms with Crippen LogP contribution >= 0.6 is 0 Å². The lowest BCUT2D eigenvalue weighted by Crippen LogP contribution is -2.20. The molecule has 1 rings (SSSR count). The van der Waals surface area contributed by atoms with Gasteiger partial charge in [-0.2, -0.15) is 0 Å². The molecule has 0 bridgehead atoms. The maximum atomic E-state index is 13.0. The first-order chi connectivity index (χ1) is 14.7. The van der Waals surface area contributed by atoms with Crippen molar-refractivity contribution in [2.45, 2.75) is 78.6 Å². The maximum Gasteiger partial charge on any atom is 0.339 e. The van der Waals surface area contributed by atoms with Gasteiger partial charge in [-0.3, -0.25) is 14.4 Å². The van der Waals surface area contributed by atoms with Gasteiger partial charge in [0.25, 0.3) is 0 Å². The first-order valence-corrected chi connectivity index (χ1v) is 10.7. The number of benzene rings is 1. The van der Waals surface area contributed by atoms with Crippen molar-refractivity contribution in [3.8, 4) is 17.2 Å². The van der Waals surface area contributed by atoms with Crippen LogP contribution in [0.15, 0.2) is 0 Å². The van der Waals surface area contributed by atoms with Gasteiger partial charge in [0.2, 0.25) is 5.75 Å². The molecule has 1 aromatic carbocycles. The monoisotopic (exact) mass is 436 g/mol. The summed E-state index contributed by atoms with van der Waals surface area (Å²) < 4.78 is 9.99. The standard InChI is InChI=1S/C23H32O8/c1-5-8-11-14(24)17-19(23(29)30-4)18(15(25)12-9-6-2)22(21(28)20(17)27)31-16(26)13-10-7-3/h27-28H,5-13H2,1-4H3. The van der Waals surface area contributed by atoms with Crippen LogP contribution in [0.1, 0.15) is 110 Å². The van der Waals surface area contributed by atoms with Gasteiger partial charge in [0.1, 0.15) is 0 Å². The molecule has 0 amide bonds. The number of unbranched alkanes of at least 4 members (excludes halogenated alkanes) is 3. The van der Waals surface area contributed by atoms with Gasteiger partial charge in [-0.15, -0.1) is 0 Å². The van der Waals surface area contributed by atoms with Crippen LogP contribution in [0.5, 0.6) is 17.2 Å². The first-order valence-electron chi connectivity index (χ1n) is 10.7. The first kappa shape index (κ1) is 26.1. The molecule has 0 radical (unpaired) electrons. The third-order valence-corrected chi connectivity index (χ3v) is 4.82. The molecule has 0 saturated carbocycles. The van der Waals surface area contributed by atoms with Gasteiger partial charge in [-0.1, -0.05) is 40.0 Å². The van der Waals surface area contributed by atoms with Crippen molar-refractivity contribution in [1.29, 1.82) is 0 Å². The number of rotatable bonds is 13. The molecule has 0 aliphatic heterocycles. The lowest BCUT2D eigenvalue weighted by Gasteiger charge is -2.19. The molecule has 172 valence electrons. The number of aromatic hydroxyl groups is 2. The SMILES string of the molecule is CCCCC(=O)Oc1c(O)c(O)c(C(=O)CCCC)c(C(=O)OC)c1C(=O)CCCC. The Kier molecular flexibility index (Phi) is 10.7. The van der Waals surface area contributed by atoms with E-state index in [2.05, 4.69) is 0 Å². The quantitative estimate of drug-likeness (QED) is 0.197. The third kappa shape index (κ3) is 6.54. The zero-order chi connectivity index (χ0) is 23.6. The fourth-order valence-electron chi connectivity index (χ4n) is 3.06. The molecule has 31 heavy (non-hydrogen) atoms. The lowest BCUT2D eigenvalue weighted by molar-refractivity contribution is -0.134. The van der Waals surface area contributed by atoms with Crippen molar-refractivity contribution < 1.29 is 38.9 Å². The van der Waals surface area contributed by atoms with Crippen molar-refractivity contribution in [2.24, 2.45) is 0 Å². The summed E-state index contributed by atoms with van der Waals surface area (Å²) >= 11 is 0. The highest BCUT2D eigenvalue weighted by atomic mass is 16.5. The molecule has 8 heteroatoms. The Morgan fingerprint density at radius 3 is 1.68 bits per heavy atom. The van der Waals surface area contributed by atoms with E-state index in [1.54, 1.807) is 0 Å². The van der Waals surface area contributed by atoms with Gasteiger partial charge >= 0.3 is 11.9 Å². The highest BCUT2D eigenvalue weighted by molar-refractivity contribution is 6.17. The maximum absolute atomic E-state index is 13.0. The normalized spacial score (nSPS) is 10.6. The smallest absolute Gasteiger partial charge is 0.339 e. The lowest BCUT2D eigenvalue weighted by atomic mass is 9.90. The van der Waals surface area contributed by atoms with Gasteiger partial charge in [-0.05, 0) is 19.3 Å². The molecule has 0 fully saturated rings. The van der Waals surface area contributed by atoms with E-state index in [-0.39, 0.29) is 19.3 Å². The van der Waals surface area contributed by atoms with Gasteiger partial charge in [0.15, 0.2) is 23.1 Å². The van der Waals surface area contributed by atoms with Crippen LogP contribution in [0.4, 0.5) is 0 Å². The Morgan fingerprint density at radius 1 is 0.710 bits per heavy atom.